The number of hydrogen-bond donors (Lipinski definition) is 3. The first-order valence-electron chi connectivity index (χ1n) is 18.0. The summed E-state index contributed by atoms with van der Waals surface area (Å²) in [4.78, 5) is 53.4. The van der Waals surface area contributed by atoms with Crippen LogP contribution in [0.1, 0.15) is 55.2 Å². The first kappa shape index (κ1) is 39.0. The van der Waals surface area contributed by atoms with E-state index in [9.17, 15) is 32.7 Å². The van der Waals surface area contributed by atoms with Gasteiger partial charge in [0.2, 0.25) is 0 Å². The Morgan fingerprint density at radius 1 is 1.04 bits per heavy atom. The zero-order valence-electron chi connectivity index (χ0n) is 31.1. The molecule has 12 nitrogen and oxygen atoms in total. The number of rotatable bonds is 8. The van der Waals surface area contributed by atoms with Gasteiger partial charge in [0.15, 0.2) is 5.69 Å². The maximum atomic E-state index is 14.4. The average molecular weight is 760 g/mol. The molecule has 2 aromatic heterocycles. The second kappa shape index (κ2) is 16.0. The Morgan fingerprint density at radius 2 is 1.80 bits per heavy atom. The number of carboxylic acid groups (broad SMARTS) is 1. The Hall–Kier alpha value is -5.70. The number of aromatic nitrogens is 2. The van der Waals surface area contributed by atoms with E-state index in [1.807, 2.05) is 31.3 Å². The Labute approximate surface area is 317 Å². The molecule has 0 aliphatic carbocycles. The zero-order valence-corrected chi connectivity index (χ0v) is 31.1. The van der Waals surface area contributed by atoms with Crippen molar-refractivity contribution < 1.29 is 37.4 Å². The molecule has 0 radical (unpaired) electrons. The van der Waals surface area contributed by atoms with Crippen LogP contribution in [0.25, 0.3) is 16.5 Å². The molecule has 1 fully saturated rings. The summed E-state index contributed by atoms with van der Waals surface area (Å²) in [5.41, 5.74) is 2.47. The van der Waals surface area contributed by atoms with E-state index >= 15 is 0 Å². The van der Waals surface area contributed by atoms with E-state index in [0.29, 0.717) is 16.5 Å². The molecule has 3 N–H and O–H groups in total. The molecule has 4 aromatic rings. The van der Waals surface area contributed by atoms with Gasteiger partial charge in [-0.1, -0.05) is 48.5 Å². The van der Waals surface area contributed by atoms with Gasteiger partial charge in [0, 0.05) is 37.8 Å². The van der Waals surface area contributed by atoms with Crippen molar-refractivity contribution in [1.82, 2.24) is 20.2 Å². The molecule has 0 unspecified atom stereocenters. The predicted octanol–water partition coefficient (Wildman–Crippen LogP) is 7.57. The maximum Gasteiger partial charge on any atom is 0.412 e. The van der Waals surface area contributed by atoms with Crippen molar-refractivity contribution >= 4 is 51.6 Å². The van der Waals surface area contributed by atoms with E-state index < -0.39 is 48.4 Å². The molecule has 2 atom stereocenters. The molecule has 2 aromatic carbocycles. The number of ether oxygens (including phenoxy) is 1. The zero-order chi connectivity index (χ0) is 39.5. The number of amides is 3. The van der Waals surface area contributed by atoms with E-state index in [-0.39, 0.29) is 42.3 Å². The van der Waals surface area contributed by atoms with Gasteiger partial charge < -0.3 is 30.3 Å². The first-order chi connectivity index (χ1) is 26.0. The van der Waals surface area contributed by atoms with Crippen LogP contribution in [0, 0.1) is 5.92 Å². The fourth-order valence-electron chi connectivity index (χ4n) is 6.84. The first-order valence-corrected chi connectivity index (χ1v) is 18.0. The third kappa shape index (κ3) is 9.70. The molecule has 0 saturated carbocycles. The molecule has 0 spiro atoms. The van der Waals surface area contributed by atoms with E-state index in [1.165, 1.54) is 23.4 Å². The number of likely N-dealkylation sites (N-methyl/N-ethyl adjacent to an activating group) is 1. The van der Waals surface area contributed by atoms with Gasteiger partial charge in [-0.05, 0) is 75.6 Å². The van der Waals surface area contributed by atoms with Crippen LogP contribution < -0.4 is 20.4 Å². The molecule has 290 valence electrons. The van der Waals surface area contributed by atoms with Crippen molar-refractivity contribution in [2.45, 2.75) is 58.0 Å². The lowest BCUT2D eigenvalue weighted by molar-refractivity contribution is -0.177. The molecule has 2 aliphatic heterocycles. The highest BCUT2D eigenvalue weighted by molar-refractivity contribution is 6.11. The van der Waals surface area contributed by atoms with Crippen molar-refractivity contribution in [1.29, 1.82) is 0 Å². The lowest BCUT2D eigenvalue weighted by Crippen LogP contribution is -2.54. The van der Waals surface area contributed by atoms with Gasteiger partial charge in [-0.2, -0.15) is 13.2 Å². The fourth-order valence-corrected chi connectivity index (χ4v) is 6.84. The Bertz CT molecular complexity index is 2090. The molecule has 3 amide bonds. The highest BCUT2D eigenvalue weighted by atomic mass is 19.4. The van der Waals surface area contributed by atoms with Gasteiger partial charge in [0.05, 0.1) is 47.3 Å². The summed E-state index contributed by atoms with van der Waals surface area (Å²) in [6, 6.07) is 16.7. The van der Waals surface area contributed by atoms with Crippen molar-refractivity contribution in [3.8, 4) is 0 Å². The third-order valence-corrected chi connectivity index (χ3v) is 9.52. The number of nitrogens with one attached hydrogen (secondary N) is 2. The van der Waals surface area contributed by atoms with Crippen molar-refractivity contribution in [3.63, 3.8) is 0 Å². The number of piperidine rings is 1. The number of halogens is 3. The summed E-state index contributed by atoms with van der Waals surface area (Å²) in [7, 11) is 2.04. The minimum Gasteiger partial charge on any atom is -0.465 e. The number of fused-ring (bicyclic) bond motifs is 1. The highest BCUT2D eigenvalue weighted by Gasteiger charge is 2.45. The van der Waals surface area contributed by atoms with E-state index in [0.717, 1.165) is 35.5 Å². The van der Waals surface area contributed by atoms with Gasteiger partial charge >= 0.3 is 18.4 Å². The normalized spacial score (nSPS) is 18.0. The maximum absolute atomic E-state index is 14.4. The molecule has 15 heteroatoms. The van der Waals surface area contributed by atoms with Crippen LogP contribution in [0.2, 0.25) is 0 Å². The molecule has 6 rings (SSSR count). The quantitative estimate of drug-likeness (QED) is 0.166. The van der Waals surface area contributed by atoms with Crippen molar-refractivity contribution in [2.75, 3.05) is 48.3 Å². The van der Waals surface area contributed by atoms with Crippen LogP contribution in [-0.2, 0) is 11.3 Å². The summed E-state index contributed by atoms with van der Waals surface area (Å²) in [6.45, 7) is 6.09. The van der Waals surface area contributed by atoms with Crippen molar-refractivity contribution in [2.24, 2.45) is 5.92 Å². The van der Waals surface area contributed by atoms with Gasteiger partial charge in [-0.25, -0.2) is 14.6 Å². The molecular weight excluding hydrogens is 715 g/mol. The topological polar surface area (TPSA) is 140 Å². The van der Waals surface area contributed by atoms with Gasteiger partial charge in [-0.15, -0.1) is 0 Å². The summed E-state index contributed by atoms with van der Waals surface area (Å²) in [5.74, 6) is -2.59. The molecular formula is C40H44F3N7O5. The number of alkyl halides is 3. The van der Waals surface area contributed by atoms with Gasteiger partial charge in [0.25, 0.3) is 5.91 Å². The Morgan fingerprint density at radius 3 is 2.47 bits per heavy atom. The highest BCUT2D eigenvalue weighted by Crippen LogP contribution is 2.38. The SMILES string of the molecule is CN1CC=C(c2ccc3cc(N(Cc4ccccc4)C(=O)O)c(C(=O)Nc4cnccc4N4C[C@@H](NC(=O)OC(C)(C)C)C[C@@H](C(F)(F)F)C4)nc3c2)CC1. The fraction of sp³-hybridized carbons (Fsp3) is 0.375. The molecule has 0 bridgehead atoms. The second-order valence-electron chi connectivity index (χ2n) is 14.9. The van der Waals surface area contributed by atoms with Crippen LogP contribution in [0.4, 0.5) is 39.8 Å². The average Bonchev–Trinajstić information content (AvgIpc) is 3.12. The van der Waals surface area contributed by atoms with Crippen LogP contribution in [-0.4, -0.2) is 89.1 Å². The van der Waals surface area contributed by atoms with Gasteiger partial charge in [0.1, 0.15) is 5.60 Å². The lowest BCUT2D eigenvalue weighted by Gasteiger charge is -2.40. The van der Waals surface area contributed by atoms with Crippen LogP contribution >= 0.6 is 0 Å². The molecule has 55 heavy (non-hydrogen) atoms. The summed E-state index contributed by atoms with van der Waals surface area (Å²) in [6.07, 6.45) is -1.43. The number of alkyl carbamates (subject to hydrolysis) is 1. The summed E-state index contributed by atoms with van der Waals surface area (Å²) >= 11 is 0. The number of carbonyl (C=O) groups is 3. The molecule has 1 saturated heterocycles. The van der Waals surface area contributed by atoms with E-state index in [2.05, 4.69) is 26.6 Å². The number of pyridine rings is 2. The lowest BCUT2D eigenvalue weighted by atomic mass is 9.93. The number of hydrogen-bond acceptors (Lipinski definition) is 8. The standard InChI is InChI=1S/C40H44F3N7O5/c1-39(2,3)55-37(52)45-30-20-29(40(41,42)43)23-49(24-30)33-12-15-44-21-32(33)47-36(51)35-34(50(38(53)54)22-25-8-6-5-7-9-25)19-28-11-10-27(18-31(28)46-35)26-13-16-48(4)17-14-26/h5-13,15,18-19,21,29-30H,14,16-17,20,22-24H2,1-4H3,(H,45,52)(H,47,51)(H,53,54)/t29-,30+/m1/s1. The number of carbonyl (C=O) groups excluding carboxylic acids is 2. The second-order valence-corrected chi connectivity index (χ2v) is 14.9. The van der Waals surface area contributed by atoms with Crippen LogP contribution in [0.5, 0.6) is 0 Å². The number of nitrogens with zero attached hydrogens (tertiary/aromatic N) is 5. The summed E-state index contributed by atoms with van der Waals surface area (Å²) < 4.78 is 48.1. The smallest absolute Gasteiger partial charge is 0.412 e. The number of anilines is 3. The largest absolute Gasteiger partial charge is 0.465 e. The van der Waals surface area contributed by atoms with E-state index in [1.54, 1.807) is 51.1 Å². The Kier molecular flexibility index (Phi) is 11.3. The van der Waals surface area contributed by atoms with Gasteiger partial charge in [-0.3, -0.25) is 14.7 Å². The minimum atomic E-state index is -4.58. The third-order valence-electron chi connectivity index (χ3n) is 9.52. The van der Waals surface area contributed by atoms with Crippen LogP contribution in [0.3, 0.4) is 0 Å². The summed E-state index contributed by atoms with van der Waals surface area (Å²) in [5, 5.41) is 16.4. The minimum absolute atomic E-state index is 0.0174. The predicted molar refractivity (Wildman–Crippen MR) is 204 cm³/mol. The van der Waals surface area contributed by atoms with Crippen molar-refractivity contribution in [3.05, 3.63) is 96.0 Å². The molecule has 2 aliphatic rings. The number of benzene rings is 2. The van der Waals surface area contributed by atoms with E-state index in [4.69, 9.17) is 9.72 Å². The Balaban J connectivity index is 1.37. The monoisotopic (exact) mass is 759 g/mol. The van der Waals surface area contributed by atoms with Crippen LogP contribution in [0.15, 0.2) is 79.1 Å². The molecule has 4 heterocycles.